The van der Waals surface area contributed by atoms with Crippen LogP contribution in [0.2, 0.25) is 0 Å². The molecule has 1 aromatic rings. The fraction of sp³-hybridized carbons (Fsp3) is 0.632. The molecule has 0 spiro atoms. The molecule has 1 heterocycles. The number of nitrogens with zero attached hydrogens (tertiary/aromatic N) is 1. The molecule has 1 aliphatic rings. The number of nitrogens with one attached hydrogen (secondary N) is 1. The second kappa shape index (κ2) is 8.34. The van der Waals surface area contributed by atoms with Crippen LogP contribution in [0.5, 0.6) is 5.75 Å². The molecule has 1 amide bonds. The topological polar surface area (TPSA) is 41.6 Å². The van der Waals surface area contributed by atoms with E-state index in [0.29, 0.717) is 0 Å². The zero-order chi connectivity index (χ0) is 16.8. The summed E-state index contributed by atoms with van der Waals surface area (Å²) in [6.07, 6.45) is 4.16. The molecule has 23 heavy (non-hydrogen) atoms. The zero-order valence-electron chi connectivity index (χ0n) is 14.9. The predicted octanol–water partition coefficient (Wildman–Crippen LogP) is 3.85. The molecule has 0 aliphatic carbocycles. The number of anilines is 1. The van der Waals surface area contributed by atoms with Crippen molar-refractivity contribution in [3.8, 4) is 5.75 Å². The molecule has 0 radical (unpaired) electrons. The van der Waals surface area contributed by atoms with Crippen molar-refractivity contribution in [1.82, 2.24) is 4.90 Å². The summed E-state index contributed by atoms with van der Waals surface area (Å²) >= 11 is 0. The molecule has 128 valence electrons. The molecule has 4 heteroatoms. The molecule has 2 atom stereocenters. The minimum atomic E-state index is -0.0698. The van der Waals surface area contributed by atoms with Crippen molar-refractivity contribution in [3.63, 3.8) is 0 Å². The number of benzene rings is 1. The maximum Gasteiger partial charge on any atom is 0.241 e. The molecule has 1 N–H and O–H groups in total. The van der Waals surface area contributed by atoms with Crippen molar-refractivity contribution >= 4 is 11.6 Å². The van der Waals surface area contributed by atoms with Gasteiger partial charge in [0, 0.05) is 6.42 Å². The number of fused-ring (bicyclic) bond motifs is 1. The van der Waals surface area contributed by atoms with Crippen LogP contribution in [0.1, 0.15) is 52.5 Å². The highest BCUT2D eigenvalue weighted by Crippen LogP contribution is 2.36. The van der Waals surface area contributed by atoms with Crippen molar-refractivity contribution in [2.75, 3.05) is 18.4 Å². The average molecular weight is 318 g/mol. The largest absolute Gasteiger partial charge is 0.488 e. The van der Waals surface area contributed by atoms with Gasteiger partial charge in [-0.2, -0.15) is 0 Å². The number of amides is 1. The van der Waals surface area contributed by atoms with Crippen LogP contribution in [0.25, 0.3) is 0 Å². The number of likely N-dealkylation sites (N-methyl/N-ethyl adjacent to an activating group) is 1. The van der Waals surface area contributed by atoms with Gasteiger partial charge < -0.3 is 10.1 Å². The van der Waals surface area contributed by atoms with Crippen molar-refractivity contribution in [2.24, 2.45) is 0 Å². The first kappa shape index (κ1) is 17.8. The minimum absolute atomic E-state index is 0.0698. The third kappa shape index (κ3) is 4.25. The highest BCUT2D eigenvalue weighted by atomic mass is 16.5. The summed E-state index contributed by atoms with van der Waals surface area (Å²) in [6, 6.07) is 5.94. The minimum Gasteiger partial charge on any atom is -0.488 e. The van der Waals surface area contributed by atoms with E-state index in [2.05, 4.69) is 44.0 Å². The van der Waals surface area contributed by atoms with E-state index in [9.17, 15) is 4.79 Å². The van der Waals surface area contributed by atoms with Crippen LogP contribution in [0.3, 0.4) is 0 Å². The van der Waals surface area contributed by atoms with Gasteiger partial charge in [-0.3, -0.25) is 9.69 Å². The molecule has 0 aromatic heterocycles. The summed E-state index contributed by atoms with van der Waals surface area (Å²) in [6.45, 7) is 10.2. The molecular weight excluding hydrogens is 288 g/mol. The van der Waals surface area contributed by atoms with E-state index in [-0.39, 0.29) is 18.1 Å². The van der Waals surface area contributed by atoms with E-state index in [4.69, 9.17) is 4.74 Å². The lowest BCUT2D eigenvalue weighted by Crippen LogP contribution is -2.44. The first-order chi connectivity index (χ1) is 11.1. The summed E-state index contributed by atoms with van der Waals surface area (Å²) in [4.78, 5) is 15.1. The summed E-state index contributed by atoms with van der Waals surface area (Å²) in [7, 11) is 0. The monoisotopic (exact) mass is 318 g/mol. The summed E-state index contributed by atoms with van der Waals surface area (Å²) in [5.74, 6) is 0.931. The van der Waals surface area contributed by atoms with Crippen molar-refractivity contribution in [1.29, 1.82) is 0 Å². The number of carbonyl (C=O) groups excluding carboxylic acids is 1. The van der Waals surface area contributed by atoms with Gasteiger partial charge in [0.05, 0.1) is 11.7 Å². The second-order valence-corrected chi connectivity index (χ2v) is 6.29. The molecule has 0 fully saturated rings. The Kier molecular flexibility index (Phi) is 6.46. The van der Waals surface area contributed by atoms with E-state index in [0.717, 1.165) is 50.2 Å². The summed E-state index contributed by atoms with van der Waals surface area (Å²) in [5, 5.41) is 3.12. The van der Waals surface area contributed by atoms with Gasteiger partial charge in [0.15, 0.2) is 0 Å². The van der Waals surface area contributed by atoms with Gasteiger partial charge in [0.1, 0.15) is 11.9 Å². The van der Waals surface area contributed by atoms with Gasteiger partial charge in [-0.1, -0.05) is 45.7 Å². The molecular formula is C19H30N2O2. The van der Waals surface area contributed by atoms with E-state index >= 15 is 0 Å². The third-order valence-corrected chi connectivity index (χ3v) is 4.57. The van der Waals surface area contributed by atoms with Gasteiger partial charge >= 0.3 is 0 Å². The van der Waals surface area contributed by atoms with Crippen LogP contribution in [-0.4, -0.2) is 36.0 Å². The standard InChI is InChI=1S/C19H30N2O2/c1-5-8-12-17(21(6-2)7-3)19(22)20-16-11-9-10-15-13-14(4)23-18(15)16/h9-11,14,17H,5-8,12-13H2,1-4H3,(H,20,22)/t14-,17-/m1/s1. The van der Waals surface area contributed by atoms with E-state index < -0.39 is 0 Å². The first-order valence-electron chi connectivity index (χ1n) is 8.94. The quantitative estimate of drug-likeness (QED) is 0.791. The van der Waals surface area contributed by atoms with Crippen LogP contribution >= 0.6 is 0 Å². The van der Waals surface area contributed by atoms with Gasteiger partial charge in [0.2, 0.25) is 5.91 Å². The summed E-state index contributed by atoms with van der Waals surface area (Å²) < 4.78 is 5.88. The van der Waals surface area contributed by atoms with Gasteiger partial charge in [0.25, 0.3) is 0 Å². The molecule has 0 saturated carbocycles. The Balaban J connectivity index is 2.14. The van der Waals surface area contributed by atoms with Gasteiger partial charge in [-0.15, -0.1) is 0 Å². The molecule has 1 aromatic carbocycles. The van der Waals surface area contributed by atoms with Crippen molar-refractivity contribution in [2.45, 2.75) is 65.5 Å². The Morgan fingerprint density at radius 3 is 2.74 bits per heavy atom. The molecule has 0 unspecified atom stereocenters. The Morgan fingerprint density at radius 1 is 1.35 bits per heavy atom. The third-order valence-electron chi connectivity index (χ3n) is 4.57. The number of rotatable bonds is 8. The van der Waals surface area contributed by atoms with Crippen LogP contribution in [-0.2, 0) is 11.2 Å². The maximum atomic E-state index is 12.9. The number of ether oxygens (including phenoxy) is 1. The Bertz CT molecular complexity index is 526. The number of para-hydroxylation sites is 1. The molecule has 0 bridgehead atoms. The Labute approximate surface area is 140 Å². The van der Waals surface area contributed by atoms with Crippen molar-refractivity contribution < 1.29 is 9.53 Å². The van der Waals surface area contributed by atoms with Crippen LogP contribution in [0.15, 0.2) is 18.2 Å². The molecule has 1 aliphatic heterocycles. The molecule has 4 nitrogen and oxygen atoms in total. The fourth-order valence-electron chi connectivity index (χ4n) is 3.29. The Morgan fingerprint density at radius 2 is 2.09 bits per heavy atom. The highest BCUT2D eigenvalue weighted by molar-refractivity contribution is 5.96. The number of hydrogen-bond donors (Lipinski definition) is 1. The lowest BCUT2D eigenvalue weighted by atomic mass is 10.1. The molecule has 2 rings (SSSR count). The zero-order valence-corrected chi connectivity index (χ0v) is 14.9. The maximum absolute atomic E-state index is 12.9. The smallest absolute Gasteiger partial charge is 0.241 e. The van der Waals surface area contributed by atoms with E-state index in [1.165, 1.54) is 5.56 Å². The number of carbonyl (C=O) groups is 1. The fourth-order valence-corrected chi connectivity index (χ4v) is 3.29. The SMILES string of the molecule is CCCC[C@H](C(=O)Nc1cccc2c1O[C@H](C)C2)N(CC)CC. The lowest BCUT2D eigenvalue weighted by molar-refractivity contribution is -0.121. The Hall–Kier alpha value is -1.55. The van der Waals surface area contributed by atoms with Gasteiger partial charge in [-0.25, -0.2) is 0 Å². The van der Waals surface area contributed by atoms with Crippen LogP contribution < -0.4 is 10.1 Å². The summed E-state index contributed by atoms with van der Waals surface area (Å²) in [5.41, 5.74) is 1.99. The van der Waals surface area contributed by atoms with E-state index in [1.807, 2.05) is 12.1 Å². The number of unbranched alkanes of at least 4 members (excludes halogenated alkanes) is 1. The second-order valence-electron chi connectivity index (χ2n) is 6.29. The average Bonchev–Trinajstić information content (AvgIpc) is 2.92. The number of hydrogen-bond acceptors (Lipinski definition) is 3. The highest BCUT2D eigenvalue weighted by Gasteiger charge is 2.27. The molecule has 0 saturated heterocycles. The normalized spacial score (nSPS) is 17.7. The predicted molar refractivity (Wildman–Crippen MR) is 95.1 cm³/mol. The first-order valence-corrected chi connectivity index (χ1v) is 8.94. The lowest BCUT2D eigenvalue weighted by Gasteiger charge is -2.28. The van der Waals surface area contributed by atoms with Gasteiger partial charge in [-0.05, 0) is 38.1 Å². The van der Waals surface area contributed by atoms with E-state index in [1.54, 1.807) is 0 Å². The van der Waals surface area contributed by atoms with Crippen LogP contribution in [0, 0.1) is 0 Å². The van der Waals surface area contributed by atoms with Crippen molar-refractivity contribution in [3.05, 3.63) is 23.8 Å². The van der Waals surface area contributed by atoms with Crippen LogP contribution in [0.4, 0.5) is 5.69 Å².